The third-order valence-electron chi connectivity index (χ3n) is 4.98. The third-order valence-corrected chi connectivity index (χ3v) is 4.98. The molecule has 0 aliphatic carbocycles. The zero-order valence-corrected chi connectivity index (χ0v) is 17.1. The van der Waals surface area contributed by atoms with Crippen LogP contribution in [0.3, 0.4) is 0 Å². The Morgan fingerprint density at radius 3 is 2.04 bits per heavy atom. The normalized spacial score (nSPS) is 15.1. The van der Waals surface area contributed by atoms with Crippen LogP contribution in [0.25, 0.3) is 0 Å². The summed E-state index contributed by atoms with van der Waals surface area (Å²) >= 11 is 0. The zero-order valence-electron chi connectivity index (χ0n) is 17.1. The standard InChI is InChI=1S/C22H29N3O3/c1-17-5-7-18(8-6-17)16-24-9-11-25(12-10-24)23-15-20-21(27-3)13-19(26-2)14-22(20)28-4/h5-8,13-15H,9-12,16H2,1-4H3. The number of hydrogen-bond acceptors (Lipinski definition) is 6. The second-order valence-corrected chi connectivity index (χ2v) is 6.91. The van der Waals surface area contributed by atoms with Crippen molar-refractivity contribution in [1.29, 1.82) is 0 Å². The molecule has 6 heteroatoms. The van der Waals surface area contributed by atoms with E-state index in [0.29, 0.717) is 17.2 Å². The highest BCUT2D eigenvalue weighted by Crippen LogP contribution is 2.32. The van der Waals surface area contributed by atoms with Crippen molar-refractivity contribution < 1.29 is 14.2 Å². The second kappa shape index (κ2) is 9.46. The smallest absolute Gasteiger partial charge is 0.135 e. The maximum absolute atomic E-state index is 5.48. The first-order chi connectivity index (χ1) is 13.6. The van der Waals surface area contributed by atoms with E-state index in [1.807, 2.05) is 18.3 Å². The second-order valence-electron chi connectivity index (χ2n) is 6.91. The van der Waals surface area contributed by atoms with Crippen molar-refractivity contribution in [3.05, 3.63) is 53.1 Å². The van der Waals surface area contributed by atoms with E-state index in [0.717, 1.165) is 38.3 Å². The van der Waals surface area contributed by atoms with Crippen LogP contribution < -0.4 is 14.2 Å². The lowest BCUT2D eigenvalue weighted by Gasteiger charge is -2.33. The van der Waals surface area contributed by atoms with E-state index in [1.165, 1.54) is 11.1 Å². The lowest BCUT2D eigenvalue weighted by Crippen LogP contribution is -2.43. The number of ether oxygens (including phenoxy) is 3. The lowest BCUT2D eigenvalue weighted by atomic mass is 10.1. The molecule has 6 nitrogen and oxygen atoms in total. The van der Waals surface area contributed by atoms with Gasteiger partial charge in [0, 0.05) is 44.9 Å². The van der Waals surface area contributed by atoms with E-state index in [2.05, 4.69) is 46.2 Å². The summed E-state index contributed by atoms with van der Waals surface area (Å²) in [6.07, 6.45) is 1.81. The molecule has 0 saturated carbocycles. The fraction of sp³-hybridized carbons (Fsp3) is 0.409. The average molecular weight is 383 g/mol. The molecule has 1 aliphatic heterocycles. The molecule has 0 spiro atoms. The molecule has 0 atom stereocenters. The highest BCUT2D eigenvalue weighted by Gasteiger charge is 2.16. The summed E-state index contributed by atoms with van der Waals surface area (Å²) in [4.78, 5) is 2.46. The maximum Gasteiger partial charge on any atom is 0.135 e. The van der Waals surface area contributed by atoms with Crippen LogP contribution in [0.1, 0.15) is 16.7 Å². The van der Waals surface area contributed by atoms with Crippen molar-refractivity contribution in [1.82, 2.24) is 9.91 Å². The Morgan fingerprint density at radius 1 is 0.893 bits per heavy atom. The summed E-state index contributed by atoms with van der Waals surface area (Å²) in [6, 6.07) is 12.4. The predicted molar refractivity (Wildman–Crippen MR) is 112 cm³/mol. The molecular formula is C22H29N3O3. The van der Waals surface area contributed by atoms with Crippen LogP contribution in [0.5, 0.6) is 17.2 Å². The first-order valence-electron chi connectivity index (χ1n) is 9.49. The van der Waals surface area contributed by atoms with Crippen LogP contribution in [0.15, 0.2) is 41.5 Å². The fourth-order valence-electron chi connectivity index (χ4n) is 3.26. The summed E-state index contributed by atoms with van der Waals surface area (Å²) in [5.74, 6) is 2.05. The van der Waals surface area contributed by atoms with E-state index in [9.17, 15) is 0 Å². The molecule has 1 heterocycles. The Hall–Kier alpha value is -2.73. The maximum atomic E-state index is 5.48. The molecule has 150 valence electrons. The molecule has 1 fully saturated rings. The molecule has 0 amide bonds. The van der Waals surface area contributed by atoms with Gasteiger partial charge in [-0.2, -0.15) is 5.10 Å². The summed E-state index contributed by atoms with van der Waals surface area (Å²) in [5.41, 5.74) is 3.47. The Balaban J connectivity index is 1.61. The molecule has 2 aromatic carbocycles. The quantitative estimate of drug-likeness (QED) is 0.688. The van der Waals surface area contributed by atoms with E-state index >= 15 is 0 Å². The van der Waals surface area contributed by atoms with Crippen LogP contribution in [0.4, 0.5) is 0 Å². The number of hydrogen-bond donors (Lipinski definition) is 0. The van der Waals surface area contributed by atoms with Crippen LogP contribution >= 0.6 is 0 Å². The minimum Gasteiger partial charge on any atom is -0.496 e. The first kappa shape index (κ1) is 20.0. The van der Waals surface area contributed by atoms with Gasteiger partial charge in [0.05, 0.1) is 33.1 Å². The minimum absolute atomic E-state index is 0.679. The van der Waals surface area contributed by atoms with Crippen LogP contribution in [-0.4, -0.2) is 63.6 Å². The highest BCUT2D eigenvalue weighted by atomic mass is 16.5. The van der Waals surface area contributed by atoms with Gasteiger partial charge in [-0.05, 0) is 12.5 Å². The molecule has 0 bridgehead atoms. The van der Waals surface area contributed by atoms with Gasteiger partial charge in [0.2, 0.25) is 0 Å². The Morgan fingerprint density at radius 2 is 1.50 bits per heavy atom. The number of piperazine rings is 1. The molecule has 0 unspecified atom stereocenters. The van der Waals surface area contributed by atoms with Gasteiger partial charge in [0.25, 0.3) is 0 Å². The van der Waals surface area contributed by atoms with Crippen LogP contribution in [-0.2, 0) is 6.54 Å². The van der Waals surface area contributed by atoms with Gasteiger partial charge in [0.1, 0.15) is 17.2 Å². The van der Waals surface area contributed by atoms with Gasteiger partial charge in [0.15, 0.2) is 0 Å². The topological polar surface area (TPSA) is 46.5 Å². The van der Waals surface area contributed by atoms with E-state index in [4.69, 9.17) is 14.2 Å². The van der Waals surface area contributed by atoms with Crippen molar-refractivity contribution in [3.63, 3.8) is 0 Å². The number of benzene rings is 2. The molecule has 0 radical (unpaired) electrons. The molecule has 1 aliphatic rings. The predicted octanol–water partition coefficient (Wildman–Crippen LogP) is 3.17. The largest absolute Gasteiger partial charge is 0.496 e. The van der Waals surface area contributed by atoms with Gasteiger partial charge >= 0.3 is 0 Å². The van der Waals surface area contributed by atoms with Gasteiger partial charge in [-0.15, -0.1) is 0 Å². The van der Waals surface area contributed by atoms with Crippen molar-refractivity contribution >= 4 is 6.21 Å². The minimum atomic E-state index is 0.679. The van der Waals surface area contributed by atoms with Crippen molar-refractivity contribution in [2.45, 2.75) is 13.5 Å². The Labute approximate surface area is 167 Å². The molecule has 2 aromatic rings. The molecule has 1 saturated heterocycles. The number of aryl methyl sites for hydroxylation is 1. The number of rotatable bonds is 7. The van der Waals surface area contributed by atoms with E-state index in [1.54, 1.807) is 21.3 Å². The monoisotopic (exact) mass is 383 g/mol. The van der Waals surface area contributed by atoms with Crippen molar-refractivity contribution in [2.75, 3.05) is 47.5 Å². The average Bonchev–Trinajstić information content (AvgIpc) is 2.74. The van der Waals surface area contributed by atoms with E-state index < -0.39 is 0 Å². The van der Waals surface area contributed by atoms with Gasteiger partial charge < -0.3 is 14.2 Å². The third kappa shape index (κ3) is 4.95. The first-order valence-corrected chi connectivity index (χ1v) is 9.49. The lowest BCUT2D eigenvalue weighted by molar-refractivity contribution is 0.131. The Kier molecular flexibility index (Phi) is 6.76. The summed E-state index contributed by atoms with van der Waals surface area (Å²) in [6.45, 7) is 6.86. The van der Waals surface area contributed by atoms with Crippen LogP contribution in [0.2, 0.25) is 0 Å². The fourth-order valence-corrected chi connectivity index (χ4v) is 3.26. The highest BCUT2D eigenvalue weighted by molar-refractivity contribution is 5.88. The molecule has 0 aromatic heterocycles. The molecule has 3 rings (SSSR count). The van der Waals surface area contributed by atoms with Crippen molar-refractivity contribution in [3.8, 4) is 17.2 Å². The SMILES string of the molecule is COc1cc(OC)c(C=NN2CCN(Cc3ccc(C)cc3)CC2)c(OC)c1. The molecule has 0 N–H and O–H groups in total. The zero-order chi connectivity index (χ0) is 19.9. The molecule has 28 heavy (non-hydrogen) atoms. The summed E-state index contributed by atoms with van der Waals surface area (Å²) in [7, 11) is 4.89. The van der Waals surface area contributed by atoms with Crippen molar-refractivity contribution in [2.24, 2.45) is 5.10 Å². The van der Waals surface area contributed by atoms with Crippen LogP contribution in [0, 0.1) is 6.92 Å². The van der Waals surface area contributed by atoms with E-state index in [-0.39, 0.29) is 0 Å². The number of hydrazone groups is 1. The Bertz CT molecular complexity index is 772. The molecular weight excluding hydrogens is 354 g/mol. The van der Waals surface area contributed by atoms with Gasteiger partial charge in [-0.1, -0.05) is 29.8 Å². The number of methoxy groups -OCH3 is 3. The number of nitrogens with zero attached hydrogens (tertiary/aromatic N) is 3. The summed E-state index contributed by atoms with van der Waals surface area (Å²) in [5, 5.41) is 6.75. The van der Waals surface area contributed by atoms with Gasteiger partial charge in [-0.25, -0.2) is 0 Å². The summed E-state index contributed by atoms with van der Waals surface area (Å²) < 4.78 is 16.3. The van der Waals surface area contributed by atoms with Gasteiger partial charge in [-0.3, -0.25) is 9.91 Å².